The summed E-state index contributed by atoms with van der Waals surface area (Å²) >= 11 is 0. The van der Waals surface area contributed by atoms with Crippen LogP contribution in [0.25, 0.3) is 5.78 Å². The molecule has 0 amide bonds. The number of hydrogen-bond acceptors (Lipinski definition) is 6. The van der Waals surface area contributed by atoms with Crippen LogP contribution in [0.3, 0.4) is 0 Å². The molecule has 0 aliphatic rings. The average molecular weight is 271 g/mol. The molecule has 0 fully saturated rings. The van der Waals surface area contributed by atoms with Gasteiger partial charge in [0.15, 0.2) is 17.3 Å². The van der Waals surface area contributed by atoms with E-state index in [9.17, 15) is 10.2 Å². The molecule has 0 spiro atoms. The molecule has 0 bridgehead atoms. The Labute approximate surface area is 114 Å². The normalized spacial score (nSPS) is 12.7. The summed E-state index contributed by atoms with van der Waals surface area (Å²) in [6.07, 6.45) is 3.90. The number of benzene rings is 1. The first kappa shape index (κ1) is 12.4. The monoisotopic (exact) mass is 271 g/mol. The van der Waals surface area contributed by atoms with Crippen molar-refractivity contribution in [3.05, 3.63) is 48.0 Å². The molecule has 7 heteroatoms. The Morgan fingerprint density at radius 2 is 2.05 bits per heavy atom. The summed E-state index contributed by atoms with van der Waals surface area (Å²) in [7, 11) is 0. The third-order valence-corrected chi connectivity index (χ3v) is 3.04. The van der Waals surface area contributed by atoms with Gasteiger partial charge in [0, 0.05) is 12.4 Å². The summed E-state index contributed by atoms with van der Waals surface area (Å²) in [5.41, 5.74) is 6.93. The summed E-state index contributed by atoms with van der Waals surface area (Å²) in [4.78, 5) is 4.08. The van der Waals surface area contributed by atoms with E-state index in [1.54, 1.807) is 28.9 Å². The fourth-order valence-corrected chi connectivity index (χ4v) is 2.05. The minimum atomic E-state index is -0.391. The van der Waals surface area contributed by atoms with E-state index in [1.807, 2.05) is 0 Å². The maximum absolute atomic E-state index is 9.48. The summed E-state index contributed by atoms with van der Waals surface area (Å²) in [6, 6.07) is 6.01. The third-order valence-electron chi connectivity index (χ3n) is 3.04. The quantitative estimate of drug-likeness (QED) is 0.607. The molecule has 0 radical (unpaired) electrons. The molecule has 0 aliphatic carbocycles. The third kappa shape index (κ3) is 2.14. The Kier molecular flexibility index (Phi) is 2.96. The lowest BCUT2D eigenvalue weighted by atomic mass is 10.1. The Morgan fingerprint density at radius 3 is 2.85 bits per heavy atom. The smallest absolute Gasteiger partial charge is 0.254 e. The van der Waals surface area contributed by atoms with Crippen LogP contribution in [0, 0.1) is 0 Å². The van der Waals surface area contributed by atoms with Gasteiger partial charge >= 0.3 is 0 Å². The number of fused-ring (bicyclic) bond motifs is 1. The van der Waals surface area contributed by atoms with Gasteiger partial charge in [0.25, 0.3) is 5.78 Å². The highest BCUT2D eigenvalue weighted by atomic mass is 16.3. The number of hydrogen-bond donors (Lipinski definition) is 3. The zero-order chi connectivity index (χ0) is 14.1. The molecule has 0 saturated heterocycles. The lowest BCUT2D eigenvalue weighted by molar-refractivity contribution is 0.403. The number of nitrogens with two attached hydrogens (primary N) is 1. The molecule has 7 nitrogen and oxygen atoms in total. The van der Waals surface area contributed by atoms with Gasteiger partial charge in [-0.25, -0.2) is 4.98 Å². The second-order valence-electron chi connectivity index (χ2n) is 4.48. The van der Waals surface area contributed by atoms with Crippen molar-refractivity contribution in [3.8, 4) is 11.5 Å². The topological polar surface area (TPSA) is 110 Å². The second kappa shape index (κ2) is 4.78. The highest BCUT2D eigenvalue weighted by molar-refractivity contribution is 5.41. The van der Waals surface area contributed by atoms with Gasteiger partial charge in [0.2, 0.25) is 0 Å². The Balaban J connectivity index is 1.89. The van der Waals surface area contributed by atoms with E-state index < -0.39 is 6.04 Å². The molecule has 0 aliphatic heterocycles. The second-order valence-corrected chi connectivity index (χ2v) is 4.48. The van der Waals surface area contributed by atoms with Crippen molar-refractivity contribution < 1.29 is 10.2 Å². The molecule has 2 heterocycles. The predicted molar refractivity (Wildman–Crippen MR) is 71.2 cm³/mol. The number of nitrogens with zero attached hydrogens (tertiary/aromatic N) is 4. The molecule has 4 N–H and O–H groups in total. The van der Waals surface area contributed by atoms with Gasteiger partial charge in [-0.15, -0.1) is 10.2 Å². The summed E-state index contributed by atoms with van der Waals surface area (Å²) in [5, 5.41) is 26.8. The summed E-state index contributed by atoms with van der Waals surface area (Å²) in [6.45, 7) is 0. The molecule has 2 aromatic heterocycles. The molecule has 1 aromatic carbocycles. The van der Waals surface area contributed by atoms with E-state index in [2.05, 4.69) is 15.2 Å². The number of aromatic hydroxyl groups is 2. The molecule has 1 unspecified atom stereocenters. The minimum Gasteiger partial charge on any atom is -0.504 e. The molecule has 0 saturated carbocycles. The van der Waals surface area contributed by atoms with Crippen LogP contribution in [0.1, 0.15) is 17.4 Å². The van der Waals surface area contributed by atoms with E-state index in [4.69, 9.17) is 5.73 Å². The van der Waals surface area contributed by atoms with Crippen molar-refractivity contribution in [2.75, 3.05) is 0 Å². The van der Waals surface area contributed by atoms with Crippen LogP contribution in [0.4, 0.5) is 0 Å². The fourth-order valence-electron chi connectivity index (χ4n) is 2.05. The number of rotatable bonds is 3. The van der Waals surface area contributed by atoms with Crippen LogP contribution in [0.5, 0.6) is 11.5 Å². The highest BCUT2D eigenvalue weighted by Gasteiger charge is 2.15. The van der Waals surface area contributed by atoms with E-state index >= 15 is 0 Å². The number of phenols is 2. The maximum Gasteiger partial charge on any atom is 0.254 e. The van der Waals surface area contributed by atoms with Gasteiger partial charge in [-0.3, -0.25) is 4.40 Å². The van der Waals surface area contributed by atoms with E-state index in [1.165, 1.54) is 12.1 Å². The van der Waals surface area contributed by atoms with Crippen LogP contribution >= 0.6 is 0 Å². The molecule has 20 heavy (non-hydrogen) atoms. The van der Waals surface area contributed by atoms with Crippen molar-refractivity contribution >= 4 is 5.78 Å². The van der Waals surface area contributed by atoms with Crippen molar-refractivity contribution in [2.24, 2.45) is 5.73 Å². The van der Waals surface area contributed by atoms with E-state index in [0.717, 1.165) is 5.56 Å². The standard InChI is InChI=1S/C13H13N5O2/c14-9(6-8-2-3-10(19)11(20)7-8)12-16-17-13-15-4-1-5-18(12)13/h1-5,7,9,19-20H,6,14H2. The Bertz CT molecular complexity index is 755. The molecular weight excluding hydrogens is 258 g/mol. The average Bonchev–Trinajstić information content (AvgIpc) is 2.87. The van der Waals surface area contributed by atoms with Gasteiger partial charge in [-0.2, -0.15) is 0 Å². The van der Waals surface area contributed by atoms with Crippen LogP contribution in [0.2, 0.25) is 0 Å². The van der Waals surface area contributed by atoms with Crippen molar-refractivity contribution in [1.82, 2.24) is 19.6 Å². The highest BCUT2D eigenvalue weighted by Crippen LogP contribution is 2.26. The van der Waals surface area contributed by atoms with Gasteiger partial charge in [0.05, 0.1) is 6.04 Å². The van der Waals surface area contributed by atoms with Crippen molar-refractivity contribution in [3.63, 3.8) is 0 Å². The predicted octanol–water partition coefficient (Wildman–Crippen LogP) is 0.778. The van der Waals surface area contributed by atoms with E-state index in [0.29, 0.717) is 18.0 Å². The lowest BCUT2D eigenvalue weighted by Crippen LogP contribution is -2.16. The zero-order valence-corrected chi connectivity index (χ0v) is 10.5. The molecule has 1 atom stereocenters. The van der Waals surface area contributed by atoms with Gasteiger partial charge in [-0.1, -0.05) is 6.07 Å². The number of aromatic nitrogens is 4. The summed E-state index contributed by atoms with van der Waals surface area (Å²) < 4.78 is 1.73. The van der Waals surface area contributed by atoms with Crippen LogP contribution in [-0.4, -0.2) is 29.8 Å². The lowest BCUT2D eigenvalue weighted by Gasteiger charge is -2.10. The molecule has 3 aromatic rings. The fraction of sp³-hybridized carbons (Fsp3) is 0.154. The van der Waals surface area contributed by atoms with Crippen LogP contribution in [-0.2, 0) is 6.42 Å². The first-order chi connectivity index (χ1) is 9.65. The van der Waals surface area contributed by atoms with Crippen molar-refractivity contribution in [2.45, 2.75) is 12.5 Å². The van der Waals surface area contributed by atoms with Gasteiger partial charge < -0.3 is 15.9 Å². The molecule has 102 valence electrons. The summed E-state index contributed by atoms with van der Waals surface area (Å²) in [5.74, 6) is 0.772. The molecular formula is C13H13N5O2. The van der Waals surface area contributed by atoms with Gasteiger partial charge in [0.1, 0.15) is 0 Å². The molecule has 3 rings (SSSR count). The van der Waals surface area contributed by atoms with E-state index in [-0.39, 0.29) is 11.5 Å². The van der Waals surface area contributed by atoms with Gasteiger partial charge in [-0.05, 0) is 30.2 Å². The Morgan fingerprint density at radius 1 is 1.20 bits per heavy atom. The van der Waals surface area contributed by atoms with Crippen LogP contribution < -0.4 is 5.73 Å². The zero-order valence-electron chi connectivity index (χ0n) is 10.5. The first-order valence-corrected chi connectivity index (χ1v) is 6.07. The van der Waals surface area contributed by atoms with Crippen LogP contribution in [0.15, 0.2) is 36.7 Å². The maximum atomic E-state index is 9.48. The largest absolute Gasteiger partial charge is 0.504 e. The number of phenolic OH excluding ortho intramolecular Hbond substituents is 2. The minimum absolute atomic E-state index is 0.153. The SMILES string of the molecule is NC(Cc1ccc(O)c(O)c1)c1nnc2ncccn12. The first-order valence-electron chi connectivity index (χ1n) is 6.07. The Hall–Kier alpha value is -2.67. The van der Waals surface area contributed by atoms with Crippen molar-refractivity contribution in [1.29, 1.82) is 0 Å².